The maximum absolute atomic E-state index is 2.15. The van der Waals surface area contributed by atoms with Gasteiger partial charge in [0.05, 0.1) is 0 Å². The molecular formula is C8H6GeS2. The van der Waals surface area contributed by atoms with E-state index in [1.807, 2.05) is 0 Å². The van der Waals surface area contributed by atoms with Crippen molar-refractivity contribution in [2.45, 2.75) is 0 Å². The van der Waals surface area contributed by atoms with Gasteiger partial charge in [-0.25, -0.2) is 0 Å². The van der Waals surface area contributed by atoms with Crippen molar-refractivity contribution < 1.29 is 0 Å². The van der Waals surface area contributed by atoms with Gasteiger partial charge in [0.25, 0.3) is 0 Å². The summed E-state index contributed by atoms with van der Waals surface area (Å²) in [5.41, 5.74) is 0. The van der Waals surface area contributed by atoms with Crippen LogP contribution >= 0.6 is 22.7 Å². The van der Waals surface area contributed by atoms with Gasteiger partial charge in [-0.1, -0.05) is 12.1 Å². The summed E-state index contributed by atoms with van der Waals surface area (Å²) in [6, 6.07) is 8.46. The smallest absolute Gasteiger partial charge is 0.0442 e. The first-order chi connectivity index (χ1) is 4.97. The van der Waals surface area contributed by atoms with Crippen LogP contribution in [-0.4, -0.2) is 17.6 Å². The summed E-state index contributed by atoms with van der Waals surface area (Å²) < 4.78 is 0. The molecule has 0 aliphatic carbocycles. The number of thiophene rings is 2. The predicted octanol–water partition coefficient (Wildman–Crippen LogP) is 3.10. The summed E-state index contributed by atoms with van der Waals surface area (Å²) in [5.74, 6) is 0. The summed E-state index contributed by atoms with van der Waals surface area (Å²) in [6.07, 6.45) is 0. The van der Waals surface area contributed by atoms with Gasteiger partial charge >= 0.3 is 0 Å². The third-order valence-electron chi connectivity index (χ3n) is 1.29. The molecular weight excluding hydrogens is 233 g/mol. The van der Waals surface area contributed by atoms with Crippen LogP contribution in [0.4, 0.5) is 0 Å². The standard InChI is InChI=1S/C8H6S2.Ge/c1-3-7(9-5-1)8-4-2-6-10-8;/h1-6H;. The molecule has 0 fully saturated rings. The number of rotatable bonds is 1. The molecule has 0 aromatic carbocycles. The number of hydrogen-bond donors (Lipinski definition) is 0. The molecule has 0 bridgehead atoms. The van der Waals surface area contributed by atoms with Crippen molar-refractivity contribution in [1.82, 2.24) is 0 Å². The Hall–Kier alpha value is -0.0571. The Bertz CT molecular complexity index is 252. The molecule has 0 atom stereocenters. The van der Waals surface area contributed by atoms with E-state index in [1.54, 1.807) is 22.7 Å². The quantitative estimate of drug-likeness (QED) is 0.670. The maximum Gasteiger partial charge on any atom is 0.0442 e. The predicted molar refractivity (Wildman–Crippen MR) is 53.4 cm³/mol. The van der Waals surface area contributed by atoms with Gasteiger partial charge in [0.15, 0.2) is 0 Å². The van der Waals surface area contributed by atoms with Crippen LogP contribution in [0.2, 0.25) is 0 Å². The number of hydrogen-bond acceptors (Lipinski definition) is 2. The molecule has 4 radical (unpaired) electrons. The minimum Gasteiger partial charge on any atom is -0.143 e. The Labute approximate surface area is 84.9 Å². The van der Waals surface area contributed by atoms with Crippen LogP contribution in [0.25, 0.3) is 9.75 Å². The zero-order valence-electron chi connectivity index (χ0n) is 5.78. The van der Waals surface area contributed by atoms with Gasteiger partial charge in [0, 0.05) is 27.4 Å². The molecule has 0 aliphatic rings. The second kappa shape index (κ2) is 4.09. The SMILES string of the molecule is [Ge].c1csc(-c2cccs2)c1. The van der Waals surface area contributed by atoms with Crippen LogP contribution in [0.15, 0.2) is 35.0 Å². The summed E-state index contributed by atoms with van der Waals surface area (Å²) >= 11 is 3.58. The molecule has 0 N–H and O–H groups in total. The minimum atomic E-state index is 0. The molecule has 11 heavy (non-hydrogen) atoms. The summed E-state index contributed by atoms with van der Waals surface area (Å²) in [6.45, 7) is 0. The largest absolute Gasteiger partial charge is 0.143 e. The van der Waals surface area contributed by atoms with E-state index < -0.39 is 0 Å². The van der Waals surface area contributed by atoms with E-state index in [4.69, 9.17) is 0 Å². The van der Waals surface area contributed by atoms with E-state index in [0.717, 1.165) is 0 Å². The van der Waals surface area contributed by atoms with Crippen LogP contribution in [0.5, 0.6) is 0 Å². The molecule has 2 rings (SSSR count). The Balaban J connectivity index is 0.000000605. The fraction of sp³-hybridized carbons (Fsp3) is 0. The first-order valence-corrected chi connectivity index (χ1v) is 4.80. The molecule has 0 saturated heterocycles. The molecule has 2 aromatic rings. The third-order valence-corrected chi connectivity index (χ3v) is 3.22. The van der Waals surface area contributed by atoms with Gasteiger partial charge in [-0.05, 0) is 22.9 Å². The van der Waals surface area contributed by atoms with E-state index in [2.05, 4.69) is 35.0 Å². The molecule has 2 aromatic heterocycles. The average molecular weight is 239 g/mol. The second-order valence-electron chi connectivity index (χ2n) is 1.95. The van der Waals surface area contributed by atoms with Gasteiger partial charge < -0.3 is 0 Å². The molecule has 0 spiro atoms. The Morgan fingerprint density at radius 1 is 0.818 bits per heavy atom. The third kappa shape index (κ3) is 1.95. The fourth-order valence-electron chi connectivity index (χ4n) is 0.838. The minimum absolute atomic E-state index is 0. The van der Waals surface area contributed by atoms with Crippen molar-refractivity contribution in [3.63, 3.8) is 0 Å². The molecule has 0 unspecified atom stereocenters. The van der Waals surface area contributed by atoms with E-state index in [9.17, 15) is 0 Å². The van der Waals surface area contributed by atoms with E-state index in [0.29, 0.717) is 0 Å². The Morgan fingerprint density at radius 3 is 1.55 bits per heavy atom. The first kappa shape index (κ1) is 9.03. The molecule has 0 saturated carbocycles. The van der Waals surface area contributed by atoms with Crippen LogP contribution in [0.3, 0.4) is 0 Å². The fourth-order valence-corrected chi connectivity index (χ4v) is 2.42. The second-order valence-corrected chi connectivity index (χ2v) is 3.85. The van der Waals surface area contributed by atoms with Crippen molar-refractivity contribution in [1.29, 1.82) is 0 Å². The van der Waals surface area contributed by atoms with Crippen LogP contribution in [0, 0.1) is 0 Å². The summed E-state index contributed by atoms with van der Waals surface area (Å²) in [5, 5.41) is 4.21. The van der Waals surface area contributed by atoms with E-state index >= 15 is 0 Å². The molecule has 54 valence electrons. The van der Waals surface area contributed by atoms with Crippen molar-refractivity contribution in [3.05, 3.63) is 35.0 Å². The van der Waals surface area contributed by atoms with Crippen LogP contribution in [-0.2, 0) is 0 Å². The van der Waals surface area contributed by atoms with Crippen LogP contribution < -0.4 is 0 Å². The topological polar surface area (TPSA) is 0 Å². The Kier molecular flexibility index (Phi) is 3.36. The van der Waals surface area contributed by atoms with Crippen molar-refractivity contribution in [2.75, 3.05) is 0 Å². The zero-order valence-corrected chi connectivity index (χ0v) is 9.51. The summed E-state index contributed by atoms with van der Waals surface area (Å²) in [4.78, 5) is 2.74. The normalized spacial score (nSPS) is 9.09. The van der Waals surface area contributed by atoms with Gasteiger partial charge in [-0.2, -0.15) is 0 Å². The average Bonchev–Trinajstić information content (AvgIpc) is 2.59. The van der Waals surface area contributed by atoms with E-state index in [-0.39, 0.29) is 17.6 Å². The molecule has 2 heterocycles. The Morgan fingerprint density at radius 2 is 1.27 bits per heavy atom. The van der Waals surface area contributed by atoms with Crippen molar-refractivity contribution in [3.8, 4) is 9.75 Å². The van der Waals surface area contributed by atoms with Crippen molar-refractivity contribution >= 4 is 40.3 Å². The zero-order chi connectivity index (χ0) is 6.81. The summed E-state index contributed by atoms with van der Waals surface area (Å²) in [7, 11) is 0. The van der Waals surface area contributed by atoms with E-state index in [1.165, 1.54) is 9.75 Å². The molecule has 3 heteroatoms. The monoisotopic (exact) mass is 240 g/mol. The maximum atomic E-state index is 2.15. The van der Waals surface area contributed by atoms with Gasteiger partial charge in [-0.3, -0.25) is 0 Å². The molecule has 0 nitrogen and oxygen atoms in total. The molecule has 0 amide bonds. The van der Waals surface area contributed by atoms with Crippen molar-refractivity contribution in [2.24, 2.45) is 0 Å². The van der Waals surface area contributed by atoms with Gasteiger partial charge in [0.2, 0.25) is 0 Å². The molecule has 0 aliphatic heterocycles. The van der Waals surface area contributed by atoms with Gasteiger partial charge in [0.1, 0.15) is 0 Å². The van der Waals surface area contributed by atoms with Crippen LogP contribution in [0.1, 0.15) is 0 Å². The first-order valence-electron chi connectivity index (χ1n) is 3.04. The van der Waals surface area contributed by atoms with Gasteiger partial charge in [-0.15, -0.1) is 22.7 Å².